The second-order valence-electron chi connectivity index (χ2n) is 7.41. The maximum absolute atomic E-state index is 11.4. The Labute approximate surface area is 174 Å². The Morgan fingerprint density at radius 2 is 1.89 bits per heavy atom. The summed E-state index contributed by atoms with van der Waals surface area (Å²) in [5.74, 6) is 0.117. The highest BCUT2D eigenvalue weighted by Gasteiger charge is 2.18. The number of esters is 1. The molecule has 1 aromatic heterocycles. The summed E-state index contributed by atoms with van der Waals surface area (Å²) in [6.45, 7) is 8.46. The molecule has 2 rings (SSSR count). The second kappa shape index (κ2) is 14.6. The van der Waals surface area contributed by atoms with Gasteiger partial charge in [0.15, 0.2) is 0 Å². The number of carbonyl (C=O) groups is 2. The van der Waals surface area contributed by atoms with Crippen molar-refractivity contribution in [1.82, 2.24) is 4.90 Å². The molecule has 0 N–H and O–H groups in total. The van der Waals surface area contributed by atoms with Gasteiger partial charge in [-0.1, -0.05) is 39.0 Å². The first kappa shape index (κ1) is 24.6. The third-order valence-corrected chi connectivity index (χ3v) is 5.48. The number of nitrogens with zero attached hydrogens (tertiary/aromatic N) is 1. The monoisotopic (exact) mass is 411 g/mol. The zero-order valence-electron chi connectivity index (χ0n) is 18.0. The van der Waals surface area contributed by atoms with Crippen molar-refractivity contribution in [2.45, 2.75) is 84.8 Å². The Bertz CT molecular complexity index is 571. The van der Waals surface area contributed by atoms with Crippen LogP contribution in [0.4, 0.5) is 0 Å². The molecule has 6 heteroatoms. The Morgan fingerprint density at radius 1 is 1.18 bits per heavy atom. The van der Waals surface area contributed by atoms with Crippen LogP contribution < -0.4 is 0 Å². The molecular weight excluding hydrogens is 374 g/mol. The maximum atomic E-state index is 11.4. The summed E-state index contributed by atoms with van der Waals surface area (Å²) in [4.78, 5) is 26.4. The Hall–Kier alpha value is -1.40. The molecule has 1 saturated heterocycles. The fraction of sp³-hybridized carbons (Fsp3) is 0.727. The largest absolute Gasteiger partial charge is 0.459 e. The number of carbonyl (C=O) groups excluding carboxylic acids is 2. The number of thiophene rings is 1. The zero-order valence-corrected chi connectivity index (χ0v) is 18.8. The highest BCUT2D eigenvalue weighted by molar-refractivity contribution is 7.13. The lowest BCUT2D eigenvalue weighted by Gasteiger charge is -2.14. The van der Waals surface area contributed by atoms with Gasteiger partial charge < -0.3 is 14.4 Å². The van der Waals surface area contributed by atoms with Gasteiger partial charge >= 0.3 is 5.97 Å². The minimum absolute atomic E-state index is 0.0736. The van der Waals surface area contributed by atoms with Gasteiger partial charge in [-0.3, -0.25) is 4.79 Å². The smallest absolute Gasteiger partial charge is 0.348 e. The second-order valence-corrected chi connectivity index (χ2v) is 8.57. The third kappa shape index (κ3) is 10.2. The molecule has 0 spiro atoms. The van der Waals surface area contributed by atoms with E-state index in [0.29, 0.717) is 17.4 Å². The van der Waals surface area contributed by atoms with Gasteiger partial charge in [-0.25, -0.2) is 4.79 Å². The maximum Gasteiger partial charge on any atom is 0.348 e. The summed E-state index contributed by atoms with van der Waals surface area (Å²) >= 11 is 1.41. The molecule has 0 unspecified atom stereocenters. The van der Waals surface area contributed by atoms with Gasteiger partial charge in [0.1, 0.15) is 4.88 Å². The standard InChI is InChI=1S/C12H23NO.C10H14O3S/c1-2-3-4-5-6-7-10-13-11-8-9-12(13)14;1-7(2)13-10(11)9-5-4-8(14-9)6-12-3/h2-11H2,1H3;4-5,7H,6H2,1-3H3. The van der Waals surface area contributed by atoms with Gasteiger partial charge in [0, 0.05) is 31.5 Å². The molecule has 0 aromatic carbocycles. The molecular formula is C22H37NO4S. The van der Waals surface area contributed by atoms with Gasteiger partial charge in [0.2, 0.25) is 5.91 Å². The van der Waals surface area contributed by atoms with Gasteiger partial charge in [0.25, 0.3) is 0 Å². The van der Waals surface area contributed by atoms with E-state index >= 15 is 0 Å². The molecule has 0 radical (unpaired) electrons. The van der Waals surface area contributed by atoms with E-state index in [1.807, 2.05) is 24.8 Å². The average molecular weight is 412 g/mol. The number of hydrogen-bond donors (Lipinski definition) is 0. The normalized spacial score (nSPS) is 13.6. The number of rotatable bonds is 11. The van der Waals surface area contributed by atoms with Crippen molar-refractivity contribution in [2.24, 2.45) is 0 Å². The highest BCUT2D eigenvalue weighted by atomic mass is 32.1. The van der Waals surface area contributed by atoms with Crippen molar-refractivity contribution in [3.05, 3.63) is 21.9 Å². The first-order valence-electron chi connectivity index (χ1n) is 10.5. The summed E-state index contributed by atoms with van der Waals surface area (Å²) in [6.07, 6.45) is 9.67. The molecule has 0 saturated carbocycles. The van der Waals surface area contributed by atoms with Crippen molar-refractivity contribution in [1.29, 1.82) is 0 Å². The van der Waals surface area contributed by atoms with Gasteiger partial charge in [-0.15, -0.1) is 11.3 Å². The molecule has 28 heavy (non-hydrogen) atoms. The number of methoxy groups -OCH3 is 1. The van der Waals surface area contributed by atoms with E-state index in [2.05, 4.69) is 6.92 Å². The average Bonchev–Trinajstić information content (AvgIpc) is 3.28. The summed E-state index contributed by atoms with van der Waals surface area (Å²) in [7, 11) is 1.63. The fourth-order valence-electron chi connectivity index (χ4n) is 3.00. The molecule has 1 amide bonds. The predicted molar refractivity (Wildman–Crippen MR) is 115 cm³/mol. The van der Waals surface area contributed by atoms with Crippen LogP contribution in [0.2, 0.25) is 0 Å². The van der Waals surface area contributed by atoms with Crippen molar-refractivity contribution in [3.8, 4) is 0 Å². The summed E-state index contributed by atoms with van der Waals surface area (Å²) in [5.41, 5.74) is 0. The first-order valence-corrected chi connectivity index (χ1v) is 11.4. The van der Waals surface area contributed by atoms with Crippen LogP contribution in [0.1, 0.15) is 86.7 Å². The van der Waals surface area contributed by atoms with E-state index in [9.17, 15) is 9.59 Å². The minimum atomic E-state index is -0.257. The lowest BCUT2D eigenvalue weighted by atomic mass is 10.1. The Morgan fingerprint density at radius 3 is 2.50 bits per heavy atom. The molecule has 160 valence electrons. The molecule has 1 fully saturated rings. The molecule has 0 bridgehead atoms. The van der Waals surface area contributed by atoms with Gasteiger partial charge in [-0.2, -0.15) is 0 Å². The lowest BCUT2D eigenvalue weighted by molar-refractivity contribution is -0.127. The van der Waals surface area contributed by atoms with E-state index in [1.54, 1.807) is 13.2 Å². The van der Waals surface area contributed by atoms with Crippen LogP contribution in [0, 0.1) is 0 Å². The molecule has 2 heterocycles. The number of likely N-dealkylation sites (tertiary alicyclic amines) is 1. The predicted octanol–water partition coefficient (Wildman–Crippen LogP) is 5.43. The minimum Gasteiger partial charge on any atom is -0.459 e. The van der Waals surface area contributed by atoms with Crippen LogP contribution in [0.15, 0.2) is 12.1 Å². The number of unbranched alkanes of at least 4 members (excludes halogenated alkanes) is 5. The number of hydrogen-bond acceptors (Lipinski definition) is 5. The number of ether oxygens (including phenoxy) is 2. The molecule has 1 aromatic rings. The molecule has 0 aliphatic carbocycles. The van der Waals surface area contributed by atoms with Gasteiger partial charge in [-0.05, 0) is 38.8 Å². The molecule has 1 aliphatic rings. The van der Waals surface area contributed by atoms with E-state index in [-0.39, 0.29) is 12.1 Å². The quantitative estimate of drug-likeness (QED) is 0.360. The first-order chi connectivity index (χ1) is 13.5. The summed E-state index contributed by atoms with van der Waals surface area (Å²) in [6, 6.07) is 3.65. The van der Waals surface area contributed by atoms with Crippen LogP contribution in [0.3, 0.4) is 0 Å². The van der Waals surface area contributed by atoms with Crippen molar-refractivity contribution >= 4 is 23.2 Å². The summed E-state index contributed by atoms with van der Waals surface area (Å²) in [5, 5.41) is 0. The highest BCUT2D eigenvalue weighted by Crippen LogP contribution is 2.18. The zero-order chi connectivity index (χ0) is 20.8. The van der Waals surface area contributed by atoms with Crippen molar-refractivity contribution < 1.29 is 19.1 Å². The lowest BCUT2D eigenvalue weighted by Crippen LogP contribution is -2.25. The van der Waals surface area contributed by atoms with Crippen LogP contribution in [0.25, 0.3) is 0 Å². The topological polar surface area (TPSA) is 55.8 Å². The SMILES string of the molecule is CCCCCCCCN1CCCC1=O.COCc1ccc(C(=O)OC(C)C)s1. The van der Waals surface area contributed by atoms with Crippen molar-refractivity contribution in [3.63, 3.8) is 0 Å². The van der Waals surface area contributed by atoms with Crippen LogP contribution >= 0.6 is 11.3 Å². The molecule has 0 atom stereocenters. The van der Waals surface area contributed by atoms with E-state index in [1.165, 1.54) is 49.9 Å². The fourth-order valence-corrected chi connectivity index (χ4v) is 3.87. The third-order valence-electron chi connectivity index (χ3n) is 4.45. The Kier molecular flexibility index (Phi) is 12.8. The number of amides is 1. The van der Waals surface area contributed by atoms with E-state index < -0.39 is 0 Å². The van der Waals surface area contributed by atoms with Crippen LogP contribution in [0.5, 0.6) is 0 Å². The van der Waals surface area contributed by atoms with Crippen LogP contribution in [-0.2, 0) is 20.9 Å². The molecule has 5 nitrogen and oxygen atoms in total. The van der Waals surface area contributed by atoms with Crippen LogP contribution in [-0.4, -0.2) is 43.1 Å². The van der Waals surface area contributed by atoms with E-state index in [4.69, 9.17) is 9.47 Å². The van der Waals surface area contributed by atoms with Crippen molar-refractivity contribution in [2.75, 3.05) is 20.2 Å². The van der Waals surface area contributed by atoms with Gasteiger partial charge in [0.05, 0.1) is 12.7 Å². The summed E-state index contributed by atoms with van der Waals surface area (Å²) < 4.78 is 10.0. The van der Waals surface area contributed by atoms with E-state index in [0.717, 1.165) is 30.8 Å². The Balaban J connectivity index is 0.000000280. The molecule has 1 aliphatic heterocycles.